The second-order valence-corrected chi connectivity index (χ2v) is 8.55. The van der Waals surface area contributed by atoms with Crippen molar-refractivity contribution >= 4 is 0 Å². The van der Waals surface area contributed by atoms with Gasteiger partial charge < -0.3 is 14.5 Å². The third kappa shape index (κ3) is 4.11. The Bertz CT molecular complexity index is 524. The topological polar surface area (TPSA) is 27.7 Å². The van der Waals surface area contributed by atoms with E-state index < -0.39 is 0 Å². The van der Waals surface area contributed by atoms with Gasteiger partial charge in [0.15, 0.2) is 0 Å². The number of hydrogen-bond donors (Lipinski definition) is 1. The van der Waals surface area contributed by atoms with E-state index in [9.17, 15) is 0 Å². The third-order valence-corrected chi connectivity index (χ3v) is 7.04. The Morgan fingerprint density at radius 3 is 2.65 bits per heavy atom. The van der Waals surface area contributed by atoms with Crippen LogP contribution in [-0.2, 0) is 4.74 Å². The van der Waals surface area contributed by atoms with Crippen LogP contribution in [0.2, 0.25) is 0 Å². The van der Waals surface area contributed by atoms with Gasteiger partial charge in [0.2, 0.25) is 0 Å². The molecule has 0 aromatic carbocycles. The largest absolute Gasteiger partial charge is 0.366 e. The molecule has 4 nitrogen and oxygen atoms in total. The van der Waals surface area contributed by atoms with Crippen LogP contribution in [0.15, 0.2) is 11.8 Å². The van der Waals surface area contributed by atoms with Crippen molar-refractivity contribution in [1.82, 2.24) is 15.1 Å². The summed E-state index contributed by atoms with van der Waals surface area (Å²) < 4.78 is 5.74. The Balaban J connectivity index is 1.26. The zero-order valence-electron chi connectivity index (χ0n) is 16.2. The summed E-state index contributed by atoms with van der Waals surface area (Å²) in [6.45, 7) is 5.25. The van der Waals surface area contributed by atoms with Gasteiger partial charge in [-0.15, -0.1) is 6.42 Å². The number of piperidine rings is 1. The monoisotopic (exact) mass is 357 g/mol. The van der Waals surface area contributed by atoms with Gasteiger partial charge in [0.25, 0.3) is 0 Å². The van der Waals surface area contributed by atoms with Gasteiger partial charge in [0.05, 0.1) is 12.8 Å². The van der Waals surface area contributed by atoms with Crippen LogP contribution in [0.25, 0.3) is 0 Å². The minimum absolute atomic E-state index is 0.398. The molecule has 4 heteroatoms. The number of nitrogens with one attached hydrogen (secondary N) is 1. The fourth-order valence-corrected chi connectivity index (χ4v) is 5.58. The highest BCUT2D eigenvalue weighted by atomic mass is 16.5. The molecule has 1 atom stereocenters. The van der Waals surface area contributed by atoms with Gasteiger partial charge >= 0.3 is 0 Å². The minimum atomic E-state index is 0.398. The first-order chi connectivity index (χ1) is 12.8. The second kappa shape index (κ2) is 8.78. The molecule has 0 amide bonds. The molecule has 1 saturated carbocycles. The standard InChI is InChI=1S/C22H35N3O/c1-2-15-26-21-9-7-19(8-10-21)24-13-11-20(12-14-24)25-17-23-16-18-5-3-4-6-22(18)25/h1,6,18-21,23H,3-5,7-17H2/t18-,19?,21?/m1/s1. The number of ether oxygens (including phenoxy) is 1. The highest BCUT2D eigenvalue weighted by Gasteiger charge is 2.34. The number of rotatable bonds is 4. The Labute approximate surface area is 159 Å². The predicted molar refractivity (Wildman–Crippen MR) is 106 cm³/mol. The molecule has 144 valence electrons. The van der Waals surface area contributed by atoms with Crippen LogP contribution in [0, 0.1) is 18.3 Å². The van der Waals surface area contributed by atoms with Crippen LogP contribution in [0.4, 0.5) is 0 Å². The van der Waals surface area contributed by atoms with E-state index in [1.807, 2.05) is 0 Å². The predicted octanol–water partition coefficient (Wildman–Crippen LogP) is 2.96. The van der Waals surface area contributed by atoms with Crippen LogP contribution in [0.1, 0.15) is 57.8 Å². The van der Waals surface area contributed by atoms with Gasteiger partial charge in [-0.2, -0.15) is 0 Å². The van der Waals surface area contributed by atoms with E-state index in [0.29, 0.717) is 12.7 Å². The first kappa shape index (κ1) is 18.3. The molecular formula is C22H35N3O. The lowest BCUT2D eigenvalue weighted by atomic mass is 9.87. The molecule has 4 rings (SSSR count). The van der Waals surface area contributed by atoms with Gasteiger partial charge in [0, 0.05) is 43.3 Å². The molecule has 0 spiro atoms. The van der Waals surface area contributed by atoms with Gasteiger partial charge in [-0.1, -0.05) is 12.0 Å². The van der Waals surface area contributed by atoms with Gasteiger partial charge in [-0.25, -0.2) is 0 Å². The number of likely N-dealkylation sites (tertiary alicyclic amines) is 1. The summed E-state index contributed by atoms with van der Waals surface area (Å²) in [6.07, 6.45) is 19.8. The summed E-state index contributed by atoms with van der Waals surface area (Å²) in [5, 5.41) is 3.67. The summed E-state index contributed by atoms with van der Waals surface area (Å²) in [4.78, 5) is 5.48. The van der Waals surface area contributed by atoms with Crippen molar-refractivity contribution in [3.63, 3.8) is 0 Å². The quantitative estimate of drug-likeness (QED) is 0.783. The normalized spacial score (nSPS) is 34.0. The van der Waals surface area contributed by atoms with Crippen molar-refractivity contribution in [1.29, 1.82) is 0 Å². The van der Waals surface area contributed by atoms with Gasteiger partial charge in [0.1, 0.15) is 6.61 Å². The minimum Gasteiger partial charge on any atom is -0.366 e. The van der Waals surface area contributed by atoms with Gasteiger partial charge in [-0.3, -0.25) is 5.32 Å². The molecular weight excluding hydrogens is 322 g/mol. The Morgan fingerprint density at radius 1 is 1.08 bits per heavy atom. The smallest absolute Gasteiger partial charge is 0.107 e. The molecule has 1 N–H and O–H groups in total. The van der Waals surface area contributed by atoms with E-state index in [2.05, 4.69) is 27.1 Å². The second-order valence-electron chi connectivity index (χ2n) is 8.55. The van der Waals surface area contributed by atoms with Gasteiger partial charge in [-0.05, 0) is 57.8 Å². The van der Waals surface area contributed by atoms with Crippen molar-refractivity contribution in [2.45, 2.75) is 76.0 Å². The van der Waals surface area contributed by atoms with Crippen LogP contribution < -0.4 is 5.32 Å². The average Bonchev–Trinajstić information content (AvgIpc) is 2.72. The fraction of sp³-hybridized carbons (Fsp3) is 0.818. The molecule has 0 unspecified atom stereocenters. The molecule has 0 bridgehead atoms. The molecule has 0 radical (unpaired) electrons. The molecule has 2 aliphatic carbocycles. The first-order valence-electron chi connectivity index (χ1n) is 10.8. The van der Waals surface area contributed by atoms with E-state index in [4.69, 9.17) is 11.2 Å². The highest BCUT2D eigenvalue weighted by molar-refractivity contribution is 5.13. The first-order valence-corrected chi connectivity index (χ1v) is 10.8. The zero-order chi connectivity index (χ0) is 17.8. The Morgan fingerprint density at radius 2 is 1.88 bits per heavy atom. The Kier molecular flexibility index (Phi) is 6.20. The van der Waals surface area contributed by atoms with Crippen LogP contribution in [0.5, 0.6) is 0 Å². The maximum absolute atomic E-state index is 5.74. The lowest BCUT2D eigenvalue weighted by molar-refractivity contribution is 0.0109. The lowest BCUT2D eigenvalue weighted by Gasteiger charge is -2.48. The summed E-state index contributed by atoms with van der Waals surface area (Å²) in [7, 11) is 0. The van der Waals surface area contributed by atoms with E-state index in [0.717, 1.165) is 24.7 Å². The summed E-state index contributed by atoms with van der Waals surface area (Å²) in [6, 6.07) is 1.50. The zero-order valence-corrected chi connectivity index (χ0v) is 16.2. The lowest BCUT2D eigenvalue weighted by Crippen LogP contribution is -2.54. The van der Waals surface area contributed by atoms with E-state index >= 15 is 0 Å². The molecule has 2 heterocycles. The highest BCUT2D eigenvalue weighted by Crippen LogP contribution is 2.34. The van der Waals surface area contributed by atoms with E-state index in [-0.39, 0.29) is 0 Å². The van der Waals surface area contributed by atoms with Crippen LogP contribution in [0.3, 0.4) is 0 Å². The molecule has 0 aromatic rings. The van der Waals surface area contributed by atoms with Crippen molar-refractivity contribution in [3.05, 3.63) is 11.8 Å². The number of nitrogens with zero attached hydrogens (tertiary/aromatic N) is 2. The summed E-state index contributed by atoms with van der Waals surface area (Å²) in [5.41, 5.74) is 1.67. The van der Waals surface area contributed by atoms with E-state index in [1.54, 1.807) is 5.70 Å². The maximum atomic E-state index is 5.74. The molecule has 2 aliphatic heterocycles. The molecule has 4 aliphatic rings. The van der Waals surface area contributed by atoms with E-state index in [1.165, 1.54) is 77.4 Å². The fourth-order valence-electron chi connectivity index (χ4n) is 5.58. The average molecular weight is 358 g/mol. The molecule has 0 aromatic heterocycles. The SMILES string of the molecule is C#CCOC1CCC(N2CCC(N3CNC[C@H]4CCCC=C43)CC2)CC1. The number of hydrogen-bond acceptors (Lipinski definition) is 4. The van der Waals surface area contributed by atoms with Crippen LogP contribution >= 0.6 is 0 Å². The van der Waals surface area contributed by atoms with Crippen molar-refractivity contribution < 1.29 is 4.74 Å². The van der Waals surface area contributed by atoms with Crippen molar-refractivity contribution in [2.75, 3.05) is 32.9 Å². The van der Waals surface area contributed by atoms with Crippen molar-refractivity contribution in [3.8, 4) is 12.3 Å². The Hall–Kier alpha value is -1.02. The molecule has 2 saturated heterocycles. The summed E-state index contributed by atoms with van der Waals surface area (Å²) in [5.74, 6) is 3.37. The third-order valence-electron chi connectivity index (χ3n) is 7.04. The molecule has 3 fully saturated rings. The van der Waals surface area contributed by atoms with Crippen LogP contribution in [-0.4, -0.2) is 60.9 Å². The number of allylic oxidation sites excluding steroid dienone is 1. The van der Waals surface area contributed by atoms with Crippen molar-refractivity contribution in [2.24, 2.45) is 5.92 Å². The number of terminal acetylenes is 1. The maximum Gasteiger partial charge on any atom is 0.107 e. The number of fused-ring (bicyclic) bond motifs is 1. The summed E-state index contributed by atoms with van der Waals surface area (Å²) >= 11 is 0. The molecule has 26 heavy (non-hydrogen) atoms.